The summed E-state index contributed by atoms with van der Waals surface area (Å²) in [4.78, 5) is 14.0. The van der Waals surface area contributed by atoms with Crippen molar-refractivity contribution in [3.8, 4) is 0 Å². The van der Waals surface area contributed by atoms with Crippen molar-refractivity contribution in [3.63, 3.8) is 0 Å². The van der Waals surface area contributed by atoms with Crippen LogP contribution in [0.3, 0.4) is 0 Å². The van der Waals surface area contributed by atoms with E-state index in [1.807, 2.05) is 6.26 Å². The molecule has 2 rings (SSSR count). The molecule has 1 N–H and O–H groups in total. The Morgan fingerprint density at radius 2 is 2.20 bits per heavy atom. The summed E-state index contributed by atoms with van der Waals surface area (Å²) in [5.41, 5.74) is 0. The molecule has 1 aromatic rings. The van der Waals surface area contributed by atoms with E-state index in [1.54, 1.807) is 11.8 Å². The highest BCUT2D eigenvalue weighted by molar-refractivity contribution is 7.98. The van der Waals surface area contributed by atoms with Crippen LogP contribution in [0.1, 0.15) is 20.3 Å². The maximum absolute atomic E-state index is 4.69. The van der Waals surface area contributed by atoms with Gasteiger partial charge in [-0.15, -0.1) is 0 Å². The van der Waals surface area contributed by atoms with E-state index in [4.69, 9.17) is 4.98 Å². The number of nitrogens with one attached hydrogen (secondary N) is 1. The zero-order valence-electron chi connectivity index (χ0n) is 12.9. The Morgan fingerprint density at radius 3 is 2.90 bits per heavy atom. The van der Waals surface area contributed by atoms with E-state index >= 15 is 0 Å². The number of hydrogen-bond acceptors (Lipinski definition) is 6. The van der Waals surface area contributed by atoms with E-state index in [0.29, 0.717) is 6.04 Å². The SMILES string of the molecule is CCNc1cc(N2CCCN(C)CC2C)nc(SC)n1. The molecule has 5 nitrogen and oxygen atoms in total. The Hall–Kier alpha value is -1.01. The molecule has 0 aromatic carbocycles. The van der Waals surface area contributed by atoms with Gasteiger partial charge in [-0.2, -0.15) is 0 Å². The van der Waals surface area contributed by atoms with E-state index in [-0.39, 0.29) is 0 Å². The Bertz CT molecular complexity index is 440. The highest BCUT2D eigenvalue weighted by atomic mass is 32.2. The van der Waals surface area contributed by atoms with Crippen LogP contribution >= 0.6 is 11.8 Å². The number of hydrogen-bond donors (Lipinski definition) is 1. The van der Waals surface area contributed by atoms with Gasteiger partial charge >= 0.3 is 0 Å². The number of nitrogens with zero attached hydrogens (tertiary/aromatic N) is 4. The lowest BCUT2D eigenvalue weighted by atomic mass is 10.2. The molecule has 1 aliphatic rings. The van der Waals surface area contributed by atoms with Crippen molar-refractivity contribution in [3.05, 3.63) is 6.07 Å². The van der Waals surface area contributed by atoms with Crippen molar-refractivity contribution in [1.29, 1.82) is 0 Å². The molecule has 1 unspecified atom stereocenters. The summed E-state index contributed by atoms with van der Waals surface area (Å²) in [6.07, 6.45) is 3.20. The minimum atomic E-state index is 0.474. The lowest BCUT2D eigenvalue weighted by Crippen LogP contribution is -2.38. The summed E-state index contributed by atoms with van der Waals surface area (Å²) in [7, 11) is 2.19. The summed E-state index contributed by atoms with van der Waals surface area (Å²) in [6.45, 7) is 8.53. The van der Waals surface area contributed by atoms with Gasteiger partial charge in [0.05, 0.1) is 0 Å². The van der Waals surface area contributed by atoms with Gasteiger partial charge in [0.2, 0.25) is 0 Å². The molecule has 1 aromatic heterocycles. The lowest BCUT2D eigenvalue weighted by Gasteiger charge is -2.29. The van der Waals surface area contributed by atoms with Crippen LogP contribution in [0, 0.1) is 0 Å². The average Bonchev–Trinajstić information content (AvgIpc) is 2.59. The standard InChI is InChI=1S/C14H25N5S/c1-5-15-12-9-13(17-14(16-12)20-4)19-8-6-7-18(3)10-11(19)2/h9,11H,5-8,10H2,1-4H3,(H,15,16,17). The van der Waals surface area contributed by atoms with E-state index in [9.17, 15) is 0 Å². The topological polar surface area (TPSA) is 44.3 Å². The molecule has 0 spiro atoms. The van der Waals surface area contributed by atoms with Crippen molar-refractivity contribution in [2.24, 2.45) is 0 Å². The zero-order valence-corrected chi connectivity index (χ0v) is 13.7. The fourth-order valence-electron chi connectivity index (χ4n) is 2.64. The third-order valence-corrected chi connectivity index (χ3v) is 4.12. The first-order valence-electron chi connectivity index (χ1n) is 7.26. The second kappa shape index (κ2) is 7.13. The average molecular weight is 295 g/mol. The molecule has 6 heteroatoms. The summed E-state index contributed by atoms with van der Waals surface area (Å²) < 4.78 is 0. The molecule has 20 heavy (non-hydrogen) atoms. The molecule has 1 fully saturated rings. The molecule has 2 heterocycles. The van der Waals surface area contributed by atoms with E-state index in [1.165, 1.54) is 6.42 Å². The maximum Gasteiger partial charge on any atom is 0.191 e. The quantitative estimate of drug-likeness (QED) is 0.678. The largest absolute Gasteiger partial charge is 0.370 e. The summed E-state index contributed by atoms with van der Waals surface area (Å²) in [6, 6.07) is 2.55. The van der Waals surface area contributed by atoms with Gasteiger partial charge in [0.1, 0.15) is 11.6 Å². The highest BCUT2D eigenvalue weighted by Gasteiger charge is 2.21. The Morgan fingerprint density at radius 1 is 1.40 bits per heavy atom. The van der Waals surface area contributed by atoms with E-state index < -0.39 is 0 Å². The molecule has 0 bridgehead atoms. The molecule has 1 atom stereocenters. The van der Waals surface area contributed by atoms with Gasteiger partial charge in [0.15, 0.2) is 5.16 Å². The molecule has 0 amide bonds. The predicted molar refractivity (Wildman–Crippen MR) is 86.9 cm³/mol. The lowest BCUT2D eigenvalue weighted by molar-refractivity contribution is 0.337. The molecule has 0 radical (unpaired) electrons. The summed E-state index contributed by atoms with van der Waals surface area (Å²) >= 11 is 1.59. The monoisotopic (exact) mass is 295 g/mol. The van der Waals surface area contributed by atoms with Crippen LogP contribution in [0.4, 0.5) is 11.6 Å². The zero-order chi connectivity index (χ0) is 14.5. The first-order valence-corrected chi connectivity index (χ1v) is 8.48. The van der Waals surface area contributed by atoms with Crippen LogP contribution in [0.15, 0.2) is 11.2 Å². The van der Waals surface area contributed by atoms with Crippen molar-refractivity contribution < 1.29 is 0 Å². The molecule has 1 aliphatic heterocycles. The van der Waals surface area contributed by atoms with E-state index in [0.717, 1.165) is 43.0 Å². The fraction of sp³-hybridized carbons (Fsp3) is 0.714. The van der Waals surface area contributed by atoms with Crippen molar-refractivity contribution in [2.45, 2.75) is 31.5 Å². The molecule has 112 valence electrons. The molecule has 0 saturated carbocycles. The van der Waals surface area contributed by atoms with Gasteiger partial charge in [0, 0.05) is 31.7 Å². The number of rotatable bonds is 4. The maximum atomic E-state index is 4.69. The van der Waals surface area contributed by atoms with Gasteiger partial charge in [-0.3, -0.25) is 0 Å². The normalized spacial score (nSPS) is 20.8. The van der Waals surface area contributed by atoms with Crippen LogP contribution in [0.25, 0.3) is 0 Å². The summed E-state index contributed by atoms with van der Waals surface area (Å²) in [5, 5.41) is 4.14. The first-order chi connectivity index (χ1) is 9.63. The minimum Gasteiger partial charge on any atom is -0.370 e. The molecule has 1 saturated heterocycles. The number of thioether (sulfide) groups is 1. The number of likely N-dealkylation sites (N-methyl/N-ethyl adjacent to an activating group) is 1. The highest BCUT2D eigenvalue weighted by Crippen LogP contribution is 2.23. The van der Waals surface area contributed by atoms with Gasteiger partial charge < -0.3 is 15.1 Å². The number of anilines is 2. The second-order valence-corrected chi connectivity index (χ2v) is 6.06. The Balaban J connectivity index is 2.27. The predicted octanol–water partition coefficient (Wildman–Crippen LogP) is 2.16. The number of aromatic nitrogens is 2. The van der Waals surface area contributed by atoms with Crippen LogP contribution in [-0.4, -0.2) is 60.4 Å². The minimum absolute atomic E-state index is 0.474. The van der Waals surface area contributed by atoms with Crippen LogP contribution in [0.2, 0.25) is 0 Å². The van der Waals surface area contributed by atoms with Crippen LogP contribution in [0.5, 0.6) is 0 Å². The summed E-state index contributed by atoms with van der Waals surface area (Å²) in [5.74, 6) is 1.97. The van der Waals surface area contributed by atoms with Crippen molar-refractivity contribution >= 4 is 23.4 Å². The molecular formula is C14H25N5S. The van der Waals surface area contributed by atoms with Gasteiger partial charge in [-0.25, -0.2) is 9.97 Å². The van der Waals surface area contributed by atoms with Gasteiger partial charge in [-0.1, -0.05) is 11.8 Å². The van der Waals surface area contributed by atoms with Crippen LogP contribution < -0.4 is 10.2 Å². The third kappa shape index (κ3) is 3.76. The van der Waals surface area contributed by atoms with Gasteiger partial charge in [-0.05, 0) is 40.1 Å². The van der Waals surface area contributed by atoms with E-state index in [2.05, 4.69) is 47.1 Å². The Labute approximate surface area is 126 Å². The molecule has 0 aliphatic carbocycles. The third-order valence-electron chi connectivity index (χ3n) is 3.57. The van der Waals surface area contributed by atoms with Crippen molar-refractivity contribution in [1.82, 2.24) is 14.9 Å². The fourth-order valence-corrected chi connectivity index (χ4v) is 3.01. The van der Waals surface area contributed by atoms with Crippen molar-refractivity contribution in [2.75, 3.05) is 49.7 Å². The molecular weight excluding hydrogens is 270 g/mol. The Kier molecular flexibility index (Phi) is 5.48. The smallest absolute Gasteiger partial charge is 0.191 e. The van der Waals surface area contributed by atoms with Crippen LogP contribution in [-0.2, 0) is 0 Å². The first kappa shape index (κ1) is 15.4. The van der Waals surface area contributed by atoms with Gasteiger partial charge in [0.25, 0.3) is 0 Å². The second-order valence-electron chi connectivity index (χ2n) is 5.29.